The highest BCUT2D eigenvalue weighted by molar-refractivity contribution is 14.1. The summed E-state index contributed by atoms with van der Waals surface area (Å²) in [6.45, 7) is 4.47. The molecule has 16 heavy (non-hydrogen) atoms. The third-order valence-corrected chi connectivity index (χ3v) is 4.31. The fourth-order valence-corrected chi connectivity index (χ4v) is 2.71. The molecular formula is C9H14IN3O2S. The van der Waals surface area contributed by atoms with Gasteiger partial charge in [-0.25, -0.2) is 4.98 Å². The quantitative estimate of drug-likeness (QED) is 0.818. The van der Waals surface area contributed by atoms with Crippen LogP contribution in [-0.4, -0.2) is 30.8 Å². The minimum atomic E-state index is -3.47. The fraction of sp³-hybridized carbons (Fsp3) is 0.444. The summed E-state index contributed by atoms with van der Waals surface area (Å²) in [5, 5.41) is 0. The van der Waals surface area contributed by atoms with Crippen molar-refractivity contribution in [3.8, 4) is 0 Å². The summed E-state index contributed by atoms with van der Waals surface area (Å²) in [6, 6.07) is 3.44. The van der Waals surface area contributed by atoms with E-state index in [1.807, 2.05) is 0 Å². The molecule has 0 aliphatic heterocycles. The Morgan fingerprint density at radius 3 is 2.44 bits per heavy atom. The van der Waals surface area contributed by atoms with E-state index in [1.54, 1.807) is 32.2 Å². The number of rotatable bonds is 5. The Balaban J connectivity index is 2.84. The molecule has 0 saturated carbocycles. The number of pyridine rings is 1. The first-order chi connectivity index (χ1) is 7.49. The van der Waals surface area contributed by atoms with Crippen molar-refractivity contribution in [2.24, 2.45) is 0 Å². The van der Waals surface area contributed by atoms with E-state index in [0.29, 0.717) is 18.9 Å². The predicted octanol–water partition coefficient (Wildman–Crippen LogP) is 1.68. The van der Waals surface area contributed by atoms with Crippen LogP contribution in [0.1, 0.15) is 13.8 Å². The van der Waals surface area contributed by atoms with E-state index in [-0.39, 0.29) is 0 Å². The molecule has 0 unspecified atom stereocenters. The summed E-state index contributed by atoms with van der Waals surface area (Å²) >= 11 is 2.11. The number of hydrogen-bond acceptors (Lipinski definition) is 3. The van der Waals surface area contributed by atoms with Crippen molar-refractivity contribution in [1.29, 1.82) is 0 Å². The lowest BCUT2D eigenvalue weighted by atomic mass is 10.5. The normalized spacial score (nSPS) is 11.8. The van der Waals surface area contributed by atoms with Crippen molar-refractivity contribution in [2.45, 2.75) is 13.8 Å². The zero-order valence-corrected chi connectivity index (χ0v) is 12.1. The maximum Gasteiger partial charge on any atom is 0.302 e. The molecule has 1 N–H and O–H groups in total. The Morgan fingerprint density at radius 2 is 2.00 bits per heavy atom. The topological polar surface area (TPSA) is 62.3 Å². The summed E-state index contributed by atoms with van der Waals surface area (Å²) in [4.78, 5) is 3.99. The highest BCUT2D eigenvalue weighted by Gasteiger charge is 2.18. The van der Waals surface area contributed by atoms with Gasteiger partial charge in [-0.05, 0) is 34.7 Å². The molecule has 0 atom stereocenters. The zero-order valence-electron chi connectivity index (χ0n) is 9.14. The molecule has 90 valence electrons. The first kappa shape index (κ1) is 13.7. The second-order valence-electron chi connectivity index (χ2n) is 3.05. The van der Waals surface area contributed by atoms with Crippen LogP contribution in [-0.2, 0) is 10.2 Å². The number of hydrogen-bond donors (Lipinski definition) is 1. The van der Waals surface area contributed by atoms with Crippen LogP contribution in [0.4, 0.5) is 5.82 Å². The van der Waals surface area contributed by atoms with Gasteiger partial charge in [0.05, 0.1) is 0 Å². The van der Waals surface area contributed by atoms with Crippen LogP contribution in [0, 0.1) is 3.57 Å². The Morgan fingerprint density at radius 1 is 1.38 bits per heavy atom. The Labute approximate surface area is 110 Å². The number of nitrogens with zero attached hydrogens (tertiary/aromatic N) is 2. The second-order valence-corrected chi connectivity index (χ2v) is 5.97. The molecule has 0 aliphatic rings. The van der Waals surface area contributed by atoms with Gasteiger partial charge < -0.3 is 0 Å². The van der Waals surface area contributed by atoms with Crippen LogP contribution in [0.3, 0.4) is 0 Å². The number of halogens is 1. The van der Waals surface area contributed by atoms with E-state index in [2.05, 4.69) is 32.3 Å². The van der Waals surface area contributed by atoms with Gasteiger partial charge in [-0.15, -0.1) is 0 Å². The second kappa shape index (κ2) is 5.78. The van der Waals surface area contributed by atoms with Gasteiger partial charge in [-0.2, -0.15) is 12.7 Å². The lowest BCUT2D eigenvalue weighted by Crippen LogP contribution is -2.35. The SMILES string of the molecule is CCN(CC)S(=O)(=O)Nc1ccc(I)cn1. The minimum absolute atomic E-state index is 0.340. The summed E-state index contributed by atoms with van der Waals surface area (Å²) in [5.74, 6) is 0.340. The maximum atomic E-state index is 11.8. The van der Waals surface area contributed by atoms with Crippen molar-refractivity contribution in [1.82, 2.24) is 9.29 Å². The molecule has 0 radical (unpaired) electrons. The number of nitrogens with one attached hydrogen (secondary N) is 1. The highest BCUT2D eigenvalue weighted by atomic mass is 127. The van der Waals surface area contributed by atoms with Crippen molar-refractivity contribution in [3.63, 3.8) is 0 Å². The van der Waals surface area contributed by atoms with Crippen molar-refractivity contribution in [2.75, 3.05) is 17.8 Å². The Kier molecular flexibility index (Phi) is 4.93. The largest absolute Gasteiger partial charge is 0.302 e. The van der Waals surface area contributed by atoms with Gasteiger partial charge in [0.25, 0.3) is 0 Å². The minimum Gasteiger partial charge on any atom is -0.254 e. The molecule has 0 bridgehead atoms. The third-order valence-electron chi connectivity index (χ3n) is 2.01. The molecule has 1 rings (SSSR count). The van der Waals surface area contributed by atoms with Crippen LogP contribution < -0.4 is 4.72 Å². The van der Waals surface area contributed by atoms with E-state index >= 15 is 0 Å². The van der Waals surface area contributed by atoms with Gasteiger partial charge in [0.15, 0.2) is 0 Å². The van der Waals surface area contributed by atoms with Crippen LogP contribution in [0.2, 0.25) is 0 Å². The molecule has 0 saturated heterocycles. The average molecular weight is 355 g/mol. The van der Waals surface area contributed by atoms with Crippen LogP contribution in [0.5, 0.6) is 0 Å². The maximum absolute atomic E-state index is 11.8. The molecule has 0 aromatic carbocycles. The van der Waals surface area contributed by atoms with Gasteiger partial charge in [0, 0.05) is 22.9 Å². The van der Waals surface area contributed by atoms with Gasteiger partial charge in [0.2, 0.25) is 0 Å². The van der Waals surface area contributed by atoms with E-state index in [1.165, 1.54) is 4.31 Å². The van der Waals surface area contributed by atoms with Gasteiger partial charge in [0.1, 0.15) is 5.82 Å². The fourth-order valence-electron chi connectivity index (χ4n) is 1.20. The molecule has 5 nitrogen and oxygen atoms in total. The molecule has 1 heterocycles. The van der Waals surface area contributed by atoms with Crippen molar-refractivity contribution >= 4 is 38.6 Å². The molecule has 1 aromatic rings. The van der Waals surface area contributed by atoms with E-state index in [0.717, 1.165) is 3.57 Å². The molecule has 0 spiro atoms. The number of aromatic nitrogens is 1. The first-order valence-electron chi connectivity index (χ1n) is 4.89. The van der Waals surface area contributed by atoms with E-state index < -0.39 is 10.2 Å². The Hall–Kier alpha value is -0.410. The lowest BCUT2D eigenvalue weighted by Gasteiger charge is -2.18. The average Bonchev–Trinajstić information content (AvgIpc) is 2.22. The third kappa shape index (κ3) is 3.56. The van der Waals surface area contributed by atoms with Crippen molar-refractivity contribution < 1.29 is 8.42 Å². The highest BCUT2D eigenvalue weighted by Crippen LogP contribution is 2.10. The van der Waals surface area contributed by atoms with Crippen LogP contribution in [0.15, 0.2) is 18.3 Å². The summed E-state index contributed by atoms with van der Waals surface area (Å²) < 4.78 is 28.4. The van der Waals surface area contributed by atoms with E-state index in [9.17, 15) is 8.42 Å². The van der Waals surface area contributed by atoms with Crippen LogP contribution in [0.25, 0.3) is 0 Å². The lowest BCUT2D eigenvalue weighted by molar-refractivity contribution is 0.449. The van der Waals surface area contributed by atoms with Gasteiger partial charge in [-0.1, -0.05) is 13.8 Å². The summed E-state index contributed by atoms with van der Waals surface area (Å²) in [5.41, 5.74) is 0. The molecular weight excluding hydrogens is 341 g/mol. The van der Waals surface area contributed by atoms with E-state index in [4.69, 9.17) is 0 Å². The molecule has 7 heteroatoms. The van der Waals surface area contributed by atoms with Gasteiger partial charge in [-0.3, -0.25) is 4.72 Å². The Bertz CT molecular complexity index is 429. The molecule has 0 aliphatic carbocycles. The summed E-state index contributed by atoms with van der Waals surface area (Å²) in [6.07, 6.45) is 1.61. The van der Waals surface area contributed by atoms with Crippen LogP contribution >= 0.6 is 22.6 Å². The van der Waals surface area contributed by atoms with Gasteiger partial charge >= 0.3 is 10.2 Å². The monoisotopic (exact) mass is 355 g/mol. The molecule has 0 fully saturated rings. The number of anilines is 1. The molecule has 0 amide bonds. The van der Waals surface area contributed by atoms with Crippen molar-refractivity contribution in [3.05, 3.63) is 21.9 Å². The summed E-state index contributed by atoms with van der Waals surface area (Å²) in [7, 11) is -3.47. The molecule has 1 aromatic heterocycles. The zero-order chi connectivity index (χ0) is 12.2. The predicted molar refractivity (Wildman–Crippen MR) is 72.4 cm³/mol. The first-order valence-corrected chi connectivity index (χ1v) is 7.41. The smallest absolute Gasteiger partial charge is 0.254 e. The standard InChI is InChI=1S/C9H14IN3O2S/c1-3-13(4-2)16(14,15)12-9-6-5-8(10)7-11-9/h5-7H,3-4H2,1-2H3,(H,11,12).